The minimum atomic E-state index is -3.62. The lowest BCUT2D eigenvalue weighted by Crippen LogP contribution is -2.39. The van der Waals surface area contributed by atoms with Crippen molar-refractivity contribution < 1.29 is 12.8 Å². The molecule has 0 N–H and O–H groups in total. The monoisotopic (exact) mass is 414 g/mol. The summed E-state index contributed by atoms with van der Waals surface area (Å²) in [6.07, 6.45) is 5.04. The molecule has 8 heteroatoms. The standard InChI is InChI=1S/C21H23FN4O2S/c1-25-14-21(23-15-25)29(27,28)26-11-5-7-17(13-26)20-10-4-8-18(24-20)12-16-6-2-3-9-19(16)22/h2-4,6,8-10,14-15,17H,5,7,11-13H2,1H3. The number of aromatic nitrogens is 3. The summed E-state index contributed by atoms with van der Waals surface area (Å²) in [6.45, 7) is 0.847. The molecule has 152 valence electrons. The first kappa shape index (κ1) is 19.7. The maximum atomic E-state index is 14.0. The molecule has 4 rings (SSSR count). The average Bonchev–Trinajstić information content (AvgIpc) is 3.17. The normalized spacial score (nSPS) is 18.1. The van der Waals surface area contributed by atoms with Crippen LogP contribution >= 0.6 is 0 Å². The highest BCUT2D eigenvalue weighted by atomic mass is 32.2. The van der Waals surface area contributed by atoms with Crippen LogP contribution < -0.4 is 0 Å². The van der Waals surface area contributed by atoms with Gasteiger partial charge < -0.3 is 4.57 Å². The quantitative estimate of drug-likeness (QED) is 0.643. The summed E-state index contributed by atoms with van der Waals surface area (Å²) in [7, 11) is -1.88. The van der Waals surface area contributed by atoms with Gasteiger partial charge in [-0.25, -0.2) is 17.8 Å². The van der Waals surface area contributed by atoms with Gasteiger partial charge in [0.15, 0.2) is 5.03 Å². The van der Waals surface area contributed by atoms with Gasteiger partial charge in [-0.3, -0.25) is 4.98 Å². The average molecular weight is 415 g/mol. The van der Waals surface area contributed by atoms with Crippen LogP contribution in [0.5, 0.6) is 0 Å². The molecule has 1 aliphatic heterocycles. The van der Waals surface area contributed by atoms with Gasteiger partial charge in [-0.05, 0) is 36.6 Å². The van der Waals surface area contributed by atoms with E-state index in [-0.39, 0.29) is 16.8 Å². The Bertz CT molecular complexity index is 1110. The van der Waals surface area contributed by atoms with Crippen LogP contribution in [0.15, 0.2) is 60.0 Å². The molecule has 1 aromatic carbocycles. The molecule has 1 unspecified atom stereocenters. The third kappa shape index (κ3) is 4.23. The summed E-state index contributed by atoms with van der Waals surface area (Å²) in [5.41, 5.74) is 2.22. The third-order valence-corrected chi connectivity index (χ3v) is 7.00. The minimum Gasteiger partial charge on any atom is -0.339 e. The summed E-state index contributed by atoms with van der Waals surface area (Å²) in [4.78, 5) is 8.73. The van der Waals surface area contributed by atoms with Crippen LogP contribution in [0, 0.1) is 5.82 Å². The number of hydrogen-bond acceptors (Lipinski definition) is 4. The second-order valence-electron chi connectivity index (χ2n) is 7.40. The molecule has 2 aromatic heterocycles. The lowest BCUT2D eigenvalue weighted by Gasteiger charge is -2.31. The van der Waals surface area contributed by atoms with Crippen molar-refractivity contribution >= 4 is 10.0 Å². The van der Waals surface area contributed by atoms with Gasteiger partial charge in [-0.15, -0.1) is 0 Å². The van der Waals surface area contributed by atoms with Crippen molar-refractivity contribution in [2.45, 2.75) is 30.2 Å². The zero-order valence-electron chi connectivity index (χ0n) is 16.2. The fourth-order valence-corrected chi connectivity index (χ4v) is 5.21. The van der Waals surface area contributed by atoms with Crippen LogP contribution in [0.1, 0.15) is 35.7 Å². The van der Waals surface area contributed by atoms with Crippen molar-refractivity contribution in [3.8, 4) is 0 Å². The van der Waals surface area contributed by atoms with Crippen molar-refractivity contribution in [1.29, 1.82) is 0 Å². The van der Waals surface area contributed by atoms with Gasteiger partial charge in [0.25, 0.3) is 10.0 Å². The Hall–Kier alpha value is -2.58. The SMILES string of the molecule is Cn1cnc(S(=O)(=O)N2CCCC(c3cccc(Cc4ccccc4F)n3)C2)c1. The van der Waals surface area contributed by atoms with E-state index in [0.717, 1.165) is 24.2 Å². The van der Waals surface area contributed by atoms with E-state index in [4.69, 9.17) is 4.98 Å². The maximum absolute atomic E-state index is 14.0. The molecule has 1 saturated heterocycles. The number of halogens is 1. The van der Waals surface area contributed by atoms with Crippen LogP contribution in [0.3, 0.4) is 0 Å². The Kier molecular flexibility index (Phi) is 5.47. The minimum absolute atomic E-state index is 0.00260. The number of rotatable bonds is 5. The van der Waals surface area contributed by atoms with Gasteiger partial charge in [0.05, 0.1) is 6.33 Å². The molecule has 0 spiro atoms. The zero-order chi connectivity index (χ0) is 20.4. The summed E-state index contributed by atoms with van der Waals surface area (Å²) >= 11 is 0. The van der Waals surface area contributed by atoms with Crippen LogP contribution in [0.4, 0.5) is 4.39 Å². The van der Waals surface area contributed by atoms with E-state index in [1.54, 1.807) is 23.7 Å². The highest BCUT2D eigenvalue weighted by molar-refractivity contribution is 7.89. The number of imidazole rings is 1. The highest BCUT2D eigenvalue weighted by Gasteiger charge is 2.32. The van der Waals surface area contributed by atoms with Crippen LogP contribution in [0.2, 0.25) is 0 Å². The number of piperidine rings is 1. The van der Waals surface area contributed by atoms with E-state index < -0.39 is 10.0 Å². The number of sulfonamides is 1. The van der Waals surface area contributed by atoms with Gasteiger partial charge in [0, 0.05) is 50.1 Å². The molecule has 6 nitrogen and oxygen atoms in total. The van der Waals surface area contributed by atoms with Crippen molar-refractivity contribution in [3.63, 3.8) is 0 Å². The molecule has 29 heavy (non-hydrogen) atoms. The lowest BCUT2D eigenvalue weighted by atomic mass is 9.95. The van der Waals surface area contributed by atoms with E-state index in [2.05, 4.69) is 4.98 Å². The molecule has 0 radical (unpaired) electrons. The van der Waals surface area contributed by atoms with E-state index in [9.17, 15) is 12.8 Å². The van der Waals surface area contributed by atoms with Gasteiger partial charge >= 0.3 is 0 Å². The number of hydrogen-bond donors (Lipinski definition) is 0. The van der Waals surface area contributed by atoms with Gasteiger partial charge in [-0.1, -0.05) is 24.3 Å². The predicted molar refractivity (Wildman–Crippen MR) is 107 cm³/mol. The second-order valence-corrected chi connectivity index (χ2v) is 9.29. The molecular formula is C21H23FN4O2S. The first-order valence-corrected chi connectivity index (χ1v) is 11.0. The number of aryl methyl sites for hydroxylation is 1. The van der Waals surface area contributed by atoms with E-state index in [1.807, 2.05) is 24.3 Å². The van der Waals surface area contributed by atoms with Crippen molar-refractivity contribution in [1.82, 2.24) is 18.8 Å². The third-order valence-electron chi connectivity index (χ3n) is 5.25. The first-order valence-electron chi connectivity index (χ1n) is 9.61. The lowest BCUT2D eigenvalue weighted by molar-refractivity contribution is 0.311. The highest BCUT2D eigenvalue weighted by Crippen LogP contribution is 2.29. The summed E-state index contributed by atoms with van der Waals surface area (Å²) < 4.78 is 42.9. The largest absolute Gasteiger partial charge is 0.339 e. The molecule has 3 heterocycles. The van der Waals surface area contributed by atoms with Crippen molar-refractivity contribution in [2.75, 3.05) is 13.1 Å². The first-order chi connectivity index (χ1) is 13.9. The fraction of sp³-hybridized carbons (Fsp3) is 0.333. The summed E-state index contributed by atoms with van der Waals surface area (Å²) in [6, 6.07) is 12.4. The van der Waals surface area contributed by atoms with Gasteiger partial charge in [0.1, 0.15) is 5.82 Å². The predicted octanol–water partition coefficient (Wildman–Crippen LogP) is 3.11. The second kappa shape index (κ2) is 8.04. The smallest absolute Gasteiger partial charge is 0.262 e. The molecule has 0 bridgehead atoms. The Morgan fingerprint density at radius 3 is 2.76 bits per heavy atom. The summed E-state index contributed by atoms with van der Waals surface area (Å²) in [5.74, 6) is -0.243. The molecular weight excluding hydrogens is 391 g/mol. The van der Waals surface area contributed by atoms with Crippen LogP contribution in [-0.2, 0) is 23.5 Å². The number of benzene rings is 1. The summed E-state index contributed by atoms with van der Waals surface area (Å²) in [5, 5.41) is 0.0712. The topological polar surface area (TPSA) is 68.1 Å². The van der Waals surface area contributed by atoms with Crippen LogP contribution in [0.25, 0.3) is 0 Å². The number of pyridine rings is 1. The Morgan fingerprint density at radius 1 is 1.17 bits per heavy atom. The number of nitrogens with zero attached hydrogens (tertiary/aromatic N) is 4. The molecule has 3 aromatic rings. The van der Waals surface area contributed by atoms with Gasteiger partial charge in [-0.2, -0.15) is 4.31 Å². The molecule has 1 fully saturated rings. The Morgan fingerprint density at radius 2 is 2.00 bits per heavy atom. The van der Waals surface area contributed by atoms with Crippen molar-refractivity contribution in [2.24, 2.45) is 7.05 Å². The van der Waals surface area contributed by atoms with Crippen molar-refractivity contribution in [3.05, 3.63) is 77.8 Å². The van der Waals surface area contributed by atoms with Gasteiger partial charge in [0.2, 0.25) is 0 Å². The maximum Gasteiger partial charge on any atom is 0.262 e. The van der Waals surface area contributed by atoms with Crippen LogP contribution in [-0.4, -0.2) is 40.3 Å². The molecule has 1 aliphatic rings. The van der Waals surface area contributed by atoms with E-state index in [0.29, 0.717) is 25.1 Å². The molecule has 1 atom stereocenters. The fourth-order valence-electron chi connectivity index (χ4n) is 3.72. The molecule has 0 amide bonds. The van der Waals surface area contributed by atoms with E-state index >= 15 is 0 Å². The Balaban J connectivity index is 1.53. The Labute approximate surface area is 170 Å². The molecule has 0 saturated carbocycles. The van der Waals surface area contributed by atoms with E-state index in [1.165, 1.54) is 22.9 Å². The zero-order valence-corrected chi connectivity index (χ0v) is 17.0. The molecule has 0 aliphatic carbocycles.